The Bertz CT molecular complexity index is 1250. The van der Waals surface area contributed by atoms with Gasteiger partial charge in [0, 0.05) is 31.7 Å². The highest BCUT2D eigenvalue weighted by molar-refractivity contribution is 5.95. The van der Waals surface area contributed by atoms with Crippen LogP contribution in [0.1, 0.15) is 35.2 Å². The van der Waals surface area contributed by atoms with E-state index in [-0.39, 0.29) is 23.4 Å². The summed E-state index contributed by atoms with van der Waals surface area (Å²) < 4.78 is 28.6. The number of carbonyl (C=O) groups excluding carboxylic acids is 2. The summed E-state index contributed by atoms with van der Waals surface area (Å²) in [4.78, 5) is 30.4. The molecule has 182 valence electrons. The van der Waals surface area contributed by atoms with Crippen molar-refractivity contribution in [3.63, 3.8) is 0 Å². The third kappa shape index (κ3) is 4.52. The second kappa shape index (κ2) is 9.16. The number of amides is 2. The van der Waals surface area contributed by atoms with Crippen molar-refractivity contribution in [2.45, 2.75) is 32.7 Å². The summed E-state index contributed by atoms with van der Waals surface area (Å²) >= 11 is 0. The fourth-order valence-corrected chi connectivity index (χ4v) is 4.99. The highest BCUT2D eigenvalue weighted by Gasteiger charge is 2.43. The van der Waals surface area contributed by atoms with E-state index in [1.165, 1.54) is 22.7 Å². The number of hydrogen-bond donors (Lipinski definition) is 0. The van der Waals surface area contributed by atoms with E-state index in [0.29, 0.717) is 44.8 Å². The lowest BCUT2D eigenvalue weighted by Crippen LogP contribution is -2.45. The van der Waals surface area contributed by atoms with Crippen molar-refractivity contribution in [3.05, 3.63) is 65.2 Å². The molecule has 10 heteroatoms. The molecule has 0 bridgehead atoms. The standard InChI is InChI=1S/C25H26F2N6O2/c1-17-7-8-19(26)21(22(17)27)24(35)31-12-9-25(10-13-31)11-14-32(16-25)20(34)15-33-29-23(28-30-33)18-5-3-2-4-6-18/h2-8H,9-16H2,1H3. The van der Waals surface area contributed by atoms with Crippen LogP contribution in [0.3, 0.4) is 0 Å². The van der Waals surface area contributed by atoms with Gasteiger partial charge >= 0.3 is 0 Å². The van der Waals surface area contributed by atoms with Crippen molar-refractivity contribution in [3.8, 4) is 11.4 Å². The monoisotopic (exact) mass is 480 g/mol. The molecule has 3 aromatic rings. The SMILES string of the molecule is Cc1ccc(F)c(C(=O)N2CCC3(CCN(C(=O)Cn4nnc(-c5ccccc5)n4)C3)CC2)c1F. The van der Waals surface area contributed by atoms with Crippen molar-refractivity contribution >= 4 is 11.8 Å². The lowest BCUT2D eigenvalue weighted by molar-refractivity contribution is -0.131. The molecule has 0 saturated carbocycles. The summed E-state index contributed by atoms with van der Waals surface area (Å²) in [5.74, 6) is -1.87. The van der Waals surface area contributed by atoms with E-state index in [4.69, 9.17) is 0 Å². The molecule has 3 heterocycles. The van der Waals surface area contributed by atoms with Crippen LogP contribution in [0.4, 0.5) is 8.78 Å². The van der Waals surface area contributed by atoms with Crippen LogP contribution in [0.25, 0.3) is 11.4 Å². The molecular formula is C25H26F2N6O2. The highest BCUT2D eigenvalue weighted by atomic mass is 19.1. The van der Waals surface area contributed by atoms with Crippen LogP contribution in [0.15, 0.2) is 42.5 Å². The van der Waals surface area contributed by atoms with Gasteiger partial charge in [0.1, 0.15) is 23.7 Å². The van der Waals surface area contributed by atoms with Gasteiger partial charge in [-0.2, -0.15) is 4.80 Å². The third-order valence-corrected chi connectivity index (χ3v) is 7.16. The van der Waals surface area contributed by atoms with E-state index in [1.807, 2.05) is 35.2 Å². The van der Waals surface area contributed by atoms with Crippen LogP contribution in [0.2, 0.25) is 0 Å². The Morgan fingerprint density at radius 1 is 0.971 bits per heavy atom. The number of likely N-dealkylation sites (tertiary alicyclic amines) is 2. The lowest BCUT2D eigenvalue weighted by Gasteiger charge is -2.39. The topological polar surface area (TPSA) is 84.2 Å². The summed E-state index contributed by atoms with van der Waals surface area (Å²) in [6.45, 7) is 3.53. The van der Waals surface area contributed by atoms with Gasteiger partial charge in [-0.15, -0.1) is 10.2 Å². The summed E-state index contributed by atoms with van der Waals surface area (Å²) in [5.41, 5.74) is 0.490. The van der Waals surface area contributed by atoms with Gasteiger partial charge in [-0.05, 0) is 48.4 Å². The van der Waals surface area contributed by atoms with E-state index < -0.39 is 23.1 Å². The summed E-state index contributed by atoms with van der Waals surface area (Å²) in [7, 11) is 0. The zero-order valence-electron chi connectivity index (χ0n) is 19.5. The maximum atomic E-state index is 14.4. The predicted molar refractivity (Wildman–Crippen MR) is 123 cm³/mol. The number of aryl methyl sites for hydroxylation is 1. The minimum Gasteiger partial charge on any atom is -0.340 e. The van der Waals surface area contributed by atoms with E-state index in [2.05, 4.69) is 15.4 Å². The molecule has 35 heavy (non-hydrogen) atoms. The van der Waals surface area contributed by atoms with Gasteiger partial charge in [0.2, 0.25) is 11.7 Å². The molecular weight excluding hydrogens is 454 g/mol. The van der Waals surface area contributed by atoms with Crippen LogP contribution in [0.5, 0.6) is 0 Å². The fraction of sp³-hybridized carbons (Fsp3) is 0.400. The molecule has 8 nitrogen and oxygen atoms in total. The van der Waals surface area contributed by atoms with Gasteiger partial charge in [-0.3, -0.25) is 9.59 Å². The van der Waals surface area contributed by atoms with Crippen LogP contribution in [0, 0.1) is 24.0 Å². The van der Waals surface area contributed by atoms with Gasteiger partial charge in [0.25, 0.3) is 5.91 Å². The number of benzene rings is 2. The van der Waals surface area contributed by atoms with Crippen LogP contribution in [-0.4, -0.2) is 68.0 Å². The van der Waals surface area contributed by atoms with E-state index in [1.54, 1.807) is 0 Å². The number of carbonyl (C=O) groups is 2. The predicted octanol–water partition coefficient (Wildman–Crippen LogP) is 3.08. The molecule has 2 fully saturated rings. The van der Waals surface area contributed by atoms with Gasteiger partial charge in [-0.25, -0.2) is 8.78 Å². The Kier molecular flexibility index (Phi) is 6.04. The molecule has 2 aliphatic rings. The van der Waals surface area contributed by atoms with Crippen molar-refractivity contribution < 1.29 is 18.4 Å². The lowest BCUT2D eigenvalue weighted by atomic mass is 9.77. The first-order valence-corrected chi connectivity index (χ1v) is 11.7. The molecule has 1 aromatic heterocycles. The van der Waals surface area contributed by atoms with Crippen molar-refractivity contribution in [2.75, 3.05) is 26.2 Å². The van der Waals surface area contributed by atoms with Gasteiger partial charge < -0.3 is 9.80 Å². The molecule has 0 unspecified atom stereocenters. The first-order chi connectivity index (χ1) is 16.8. The Hall–Kier alpha value is -3.69. The van der Waals surface area contributed by atoms with Crippen molar-refractivity contribution in [1.29, 1.82) is 0 Å². The summed E-state index contributed by atoms with van der Waals surface area (Å²) in [6.07, 6.45) is 2.18. The molecule has 2 aliphatic heterocycles. The van der Waals surface area contributed by atoms with E-state index >= 15 is 0 Å². The average molecular weight is 481 g/mol. The minimum absolute atomic E-state index is 0.00639. The normalized spacial score (nSPS) is 17.2. The molecule has 2 amide bonds. The summed E-state index contributed by atoms with van der Waals surface area (Å²) in [6, 6.07) is 11.9. The molecule has 0 radical (unpaired) electrons. The Morgan fingerprint density at radius 2 is 1.66 bits per heavy atom. The first-order valence-electron chi connectivity index (χ1n) is 11.7. The maximum Gasteiger partial charge on any atom is 0.259 e. The van der Waals surface area contributed by atoms with Gasteiger partial charge in [0.15, 0.2) is 0 Å². The number of nitrogens with zero attached hydrogens (tertiary/aromatic N) is 6. The number of rotatable bonds is 4. The minimum atomic E-state index is -0.840. The molecule has 5 rings (SSSR count). The van der Waals surface area contributed by atoms with Gasteiger partial charge in [0.05, 0.1) is 0 Å². The number of piperidine rings is 1. The molecule has 0 N–H and O–H groups in total. The molecule has 0 atom stereocenters. The number of tetrazole rings is 1. The zero-order valence-corrected chi connectivity index (χ0v) is 19.5. The summed E-state index contributed by atoms with van der Waals surface area (Å²) in [5, 5.41) is 12.4. The van der Waals surface area contributed by atoms with Crippen LogP contribution >= 0.6 is 0 Å². The zero-order chi connectivity index (χ0) is 24.6. The largest absolute Gasteiger partial charge is 0.340 e. The highest BCUT2D eigenvalue weighted by Crippen LogP contribution is 2.41. The molecule has 1 spiro atoms. The Labute approximate surface area is 201 Å². The Morgan fingerprint density at radius 3 is 2.37 bits per heavy atom. The maximum absolute atomic E-state index is 14.4. The smallest absolute Gasteiger partial charge is 0.259 e. The van der Waals surface area contributed by atoms with Crippen LogP contribution in [-0.2, 0) is 11.3 Å². The molecule has 2 saturated heterocycles. The Balaban J connectivity index is 1.18. The van der Waals surface area contributed by atoms with E-state index in [0.717, 1.165) is 18.1 Å². The fourth-order valence-electron chi connectivity index (χ4n) is 4.99. The second-order valence-corrected chi connectivity index (χ2v) is 9.42. The van der Waals surface area contributed by atoms with Crippen LogP contribution < -0.4 is 0 Å². The van der Waals surface area contributed by atoms with Crippen molar-refractivity contribution in [2.24, 2.45) is 5.41 Å². The number of aromatic nitrogens is 4. The average Bonchev–Trinajstić information content (AvgIpc) is 3.50. The number of halogens is 2. The second-order valence-electron chi connectivity index (χ2n) is 9.42. The molecule has 2 aromatic carbocycles. The number of hydrogen-bond acceptors (Lipinski definition) is 5. The third-order valence-electron chi connectivity index (χ3n) is 7.16. The van der Waals surface area contributed by atoms with Crippen molar-refractivity contribution in [1.82, 2.24) is 30.0 Å². The molecule has 0 aliphatic carbocycles. The quantitative estimate of drug-likeness (QED) is 0.573. The van der Waals surface area contributed by atoms with E-state index in [9.17, 15) is 18.4 Å². The van der Waals surface area contributed by atoms with Gasteiger partial charge in [-0.1, -0.05) is 36.4 Å². The first kappa shape index (κ1) is 23.1.